The summed E-state index contributed by atoms with van der Waals surface area (Å²) >= 11 is 0. The maximum absolute atomic E-state index is 13.6. The molecule has 0 saturated heterocycles. The van der Waals surface area contributed by atoms with E-state index in [2.05, 4.69) is 16.3 Å². The summed E-state index contributed by atoms with van der Waals surface area (Å²) in [7, 11) is 8.45. The molecule has 4 rings (SSSR count). The highest BCUT2D eigenvalue weighted by Gasteiger charge is 2.41. The number of nitrogens with zero attached hydrogens (tertiary/aromatic N) is 6. The van der Waals surface area contributed by atoms with E-state index in [0.717, 1.165) is 12.1 Å². The molecule has 0 bridgehead atoms. The average molecular weight is 627 g/mol. The molecule has 1 aliphatic heterocycles. The van der Waals surface area contributed by atoms with E-state index in [1.54, 1.807) is 39.2 Å². The number of likely N-dealkylation sites (N-methyl/N-ethyl adjacent to an activating group) is 2. The fourth-order valence-corrected chi connectivity index (χ4v) is 5.52. The van der Waals surface area contributed by atoms with Crippen LogP contribution in [-0.4, -0.2) is 84.4 Å². The van der Waals surface area contributed by atoms with Gasteiger partial charge in [0, 0.05) is 31.9 Å². The highest BCUT2D eigenvalue weighted by Crippen LogP contribution is 2.43. The summed E-state index contributed by atoms with van der Waals surface area (Å²) in [6.07, 6.45) is -3.60. The molecule has 1 aromatic heterocycles. The second-order valence-corrected chi connectivity index (χ2v) is 11.7. The summed E-state index contributed by atoms with van der Waals surface area (Å²) < 4.78 is 47.6. The first-order chi connectivity index (χ1) is 21.1. The fourth-order valence-electron chi connectivity index (χ4n) is 5.52. The van der Waals surface area contributed by atoms with Crippen LogP contribution in [0.4, 0.5) is 24.8 Å². The molecule has 2 aromatic carbocycles. The summed E-state index contributed by atoms with van der Waals surface area (Å²) in [6.45, 7) is 2.45. The third kappa shape index (κ3) is 6.78. The number of aryl methyl sites for hydroxylation is 1. The van der Waals surface area contributed by atoms with Gasteiger partial charge in [0.2, 0.25) is 5.95 Å². The standard InChI is InChI=1S/C31H34F3N7O4/c1-19-26(28(43)45-6)27(40-29(36-37-30(40)44)39(19)23-11-7-10-22(16-23)31(32,33)34)24-13-12-20(17-35)15-21(24)9-8-14-41(4,5)18-25(42)38(2)3/h7,10-13,15-16,27H,8-9,14,18H2,1-6H3/p+1. The molecule has 1 N–H and O–H groups in total. The van der Waals surface area contributed by atoms with Crippen LogP contribution in [-0.2, 0) is 26.9 Å². The Morgan fingerprint density at radius 2 is 1.89 bits per heavy atom. The van der Waals surface area contributed by atoms with Gasteiger partial charge in [0.1, 0.15) is 6.04 Å². The van der Waals surface area contributed by atoms with Gasteiger partial charge in [-0.1, -0.05) is 12.1 Å². The highest BCUT2D eigenvalue weighted by atomic mass is 19.4. The number of nitrogens with one attached hydrogen (secondary N) is 1. The number of H-pyrrole nitrogens is 1. The molecule has 1 unspecified atom stereocenters. The Kier molecular flexibility index (Phi) is 9.25. The van der Waals surface area contributed by atoms with Crippen molar-refractivity contribution in [3.63, 3.8) is 0 Å². The number of alkyl halides is 3. The topological polar surface area (TPSA) is 124 Å². The van der Waals surface area contributed by atoms with Crippen molar-refractivity contribution < 1.29 is 32.0 Å². The number of carbonyl (C=O) groups excluding carboxylic acids is 2. The number of anilines is 2. The van der Waals surface area contributed by atoms with E-state index >= 15 is 0 Å². The predicted octanol–water partition coefficient (Wildman–Crippen LogP) is 3.75. The maximum atomic E-state index is 13.6. The van der Waals surface area contributed by atoms with Crippen LogP contribution in [0.5, 0.6) is 0 Å². The van der Waals surface area contributed by atoms with Gasteiger partial charge in [0.15, 0.2) is 6.54 Å². The van der Waals surface area contributed by atoms with E-state index < -0.39 is 29.4 Å². The van der Waals surface area contributed by atoms with Crippen LogP contribution < -0.4 is 10.6 Å². The van der Waals surface area contributed by atoms with Crippen LogP contribution >= 0.6 is 0 Å². The Morgan fingerprint density at radius 1 is 1.18 bits per heavy atom. The number of fused-ring (bicyclic) bond motifs is 1. The Bertz CT molecular complexity index is 1750. The minimum Gasteiger partial charge on any atom is -0.466 e. The molecule has 45 heavy (non-hydrogen) atoms. The van der Waals surface area contributed by atoms with E-state index in [-0.39, 0.29) is 35.4 Å². The van der Waals surface area contributed by atoms with Gasteiger partial charge in [-0.15, -0.1) is 5.10 Å². The minimum atomic E-state index is -4.63. The van der Waals surface area contributed by atoms with E-state index in [9.17, 15) is 32.8 Å². The number of aromatic nitrogens is 3. The smallest absolute Gasteiger partial charge is 0.416 e. The molecule has 0 saturated carbocycles. The lowest BCUT2D eigenvalue weighted by molar-refractivity contribution is -0.882. The Hall–Kier alpha value is -4.90. The number of allylic oxidation sites excluding steroid dienone is 1. The van der Waals surface area contributed by atoms with E-state index in [0.29, 0.717) is 40.6 Å². The van der Waals surface area contributed by atoms with E-state index in [4.69, 9.17) is 4.74 Å². The summed E-state index contributed by atoms with van der Waals surface area (Å²) in [4.78, 5) is 41.9. The van der Waals surface area contributed by atoms with Crippen molar-refractivity contribution in [2.45, 2.75) is 32.0 Å². The maximum Gasteiger partial charge on any atom is 0.416 e. The largest absolute Gasteiger partial charge is 0.466 e. The molecule has 0 spiro atoms. The summed E-state index contributed by atoms with van der Waals surface area (Å²) in [5.41, 5.74) is 0.229. The van der Waals surface area contributed by atoms with Gasteiger partial charge in [-0.05, 0) is 54.8 Å². The van der Waals surface area contributed by atoms with Gasteiger partial charge in [-0.2, -0.15) is 18.4 Å². The Labute approximate surface area is 258 Å². The lowest BCUT2D eigenvalue weighted by Gasteiger charge is -2.36. The van der Waals surface area contributed by atoms with Crippen molar-refractivity contribution in [3.05, 3.63) is 86.5 Å². The van der Waals surface area contributed by atoms with Gasteiger partial charge in [0.05, 0.1) is 50.5 Å². The first-order valence-corrected chi connectivity index (χ1v) is 14.1. The van der Waals surface area contributed by atoms with Crippen LogP contribution in [0.2, 0.25) is 0 Å². The number of halogens is 3. The lowest BCUT2D eigenvalue weighted by atomic mass is 9.88. The second-order valence-electron chi connectivity index (χ2n) is 11.7. The fraction of sp³-hybridized carbons (Fsp3) is 0.387. The monoisotopic (exact) mass is 626 g/mol. The number of aromatic amines is 1. The van der Waals surface area contributed by atoms with Gasteiger partial charge in [0.25, 0.3) is 5.91 Å². The number of esters is 1. The molecule has 1 amide bonds. The Morgan fingerprint density at radius 3 is 2.51 bits per heavy atom. The van der Waals surface area contributed by atoms with Crippen molar-refractivity contribution in [1.29, 1.82) is 5.26 Å². The number of ether oxygens (including phenoxy) is 1. The molecule has 1 aliphatic rings. The van der Waals surface area contributed by atoms with E-state index in [1.165, 1.54) is 33.6 Å². The number of rotatable bonds is 9. The average Bonchev–Trinajstić information content (AvgIpc) is 3.35. The van der Waals surface area contributed by atoms with Gasteiger partial charge in [-0.3, -0.25) is 9.69 Å². The zero-order valence-corrected chi connectivity index (χ0v) is 25.9. The van der Waals surface area contributed by atoms with Crippen molar-refractivity contribution >= 4 is 23.5 Å². The first kappa shape index (κ1) is 33.0. The van der Waals surface area contributed by atoms with Gasteiger partial charge < -0.3 is 14.1 Å². The van der Waals surface area contributed by atoms with Crippen LogP contribution in [0.3, 0.4) is 0 Å². The molecule has 14 heteroatoms. The van der Waals surface area contributed by atoms with Crippen molar-refractivity contribution in [2.75, 3.05) is 53.3 Å². The van der Waals surface area contributed by atoms with Gasteiger partial charge >= 0.3 is 17.8 Å². The lowest BCUT2D eigenvalue weighted by Crippen LogP contribution is -2.47. The van der Waals surface area contributed by atoms with Crippen molar-refractivity contribution in [2.24, 2.45) is 0 Å². The molecular weight excluding hydrogens is 591 g/mol. The number of quaternary nitrogens is 1. The zero-order valence-electron chi connectivity index (χ0n) is 25.9. The number of methoxy groups -OCH3 is 1. The number of amides is 1. The molecule has 0 fully saturated rings. The summed E-state index contributed by atoms with van der Waals surface area (Å²) in [5, 5.41) is 16.2. The predicted molar refractivity (Wildman–Crippen MR) is 159 cm³/mol. The zero-order chi connectivity index (χ0) is 33.3. The third-order valence-corrected chi connectivity index (χ3v) is 7.82. The minimum absolute atomic E-state index is 0.0181. The quantitative estimate of drug-likeness (QED) is 0.284. The molecule has 0 aliphatic carbocycles. The molecular formula is C31H35F3N7O4+. The van der Waals surface area contributed by atoms with Crippen LogP contribution in [0, 0.1) is 11.3 Å². The van der Waals surface area contributed by atoms with Crippen LogP contribution in [0.25, 0.3) is 0 Å². The Balaban J connectivity index is 1.85. The van der Waals surface area contributed by atoms with Crippen molar-refractivity contribution in [3.8, 4) is 6.07 Å². The van der Waals surface area contributed by atoms with Crippen LogP contribution in [0.15, 0.2) is 58.5 Å². The molecule has 11 nitrogen and oxygen atoms in total. The number of nitriles is 1. The molecule has 3 aromatic rings. The number of hydrogen-bond donors (Lipinski definition) is 1. The second kappa shape index (κ2) is 12.6. The normalized spacial score (nSPS) is 15.0. The highest BCUT2D eigenvalue weighted by molar-refractivity contribution is 5.93. The van der Waals surface area contributed by atoms with Crippen molar-refractivity contribution in [1.82, 2.24) is 19.7 Å². The third-order valence-electron chi connectivity index (χ3n) is 7.82. The van der Waals surface area contributed by atoms with Gasteiger partial charge in [-0.25, -0.2) is 19.3 Å². The molecule has 2 heterocycles. The number of carbonyl (C=O) groups is 2. The summed E-state index contributed by atoms with van der Waals surface area (Å²) in [5.74, 6) is -0.830. The van der Waals surface area contributed by atoms with Crippen LogP contribution in [0.1, 0.15) is 41.6 Å². The first-order valence-electron chi connectivity index (χ1n) is 14.1. The van der Waals surface area contributed by atoms with E-state index in [1.807, 2.05) is 14.1 Å². The molecule has 1 atom stereocenters. The molecule has 238 valence electrons. The number of benzene rings is 2. The SMILES string of the molecule is COC(=O)C1=C(C)N(c2cccc(C(F)(F)F)c2)c2n[nH]c(=O)n2C1c1ccc(C#N)cc1CCC[N+](C)(C)CC(=O)N(C)C. The molecule has 0 radical (unpaired) electrons. The summed E-state index contributed by atoms with van der Waals surface area (Å²) in [6, 6.07) is 10.5. The number of hydrogen-bond acceptors (Lipinski definition) is 7.